The second-order valence-corrected chi connectivity index (χ2v) is 7.93. The first kappa shape index (κ1) is 19.6. The fourth-order valence-electron chi connectivity index (χ4n) is 3.71. The first-order chi connectivity index (χ1) is 13.9. The minimum atomic E-state index is -0.268. The SMILES string of the molecule is Cc1nc(N[C@H]2C[C@@H](COCc3ccc(F)cc3)C2)nc2c1NC(=O)[C@H](C)N2C. The monoisotopic (exact) mass is 399 g/mol. The molecule has 1 aliphatic carbocycles. The van der Waals surface area contributed by atoms with Gasteiger partial charge in [0.25, 0.3) is 0 Å². The predicted molar refractivity (Wildman–Crippen MR) is 109 cm³/mol. The number of ether oxygens (including phenoxy) is 1. The van der Waals surface area contributed by atoms with Crippen molar-refractivity contribution < 1.29 is 13.9 Å². The van der Waals surface area contributed by atoms with E-state index in [0.29, 0.717) is 36.8 Å². The number of hydrogen-bond acceptors (Lipinski definition) is 6. The van der Waals surface area contributed by atoms with Crippen molar-refractivity contribution in [3.63, 3.8) is 0 Å². The molecule has 1 saturated carbocycles. The summed E-state index contributed by atoms with van der Waals surface area (Å²) in [4.78, 5) is 23.0. The summed E-state index contributed by atoms with van der Waals surface area (Å²) in [6, 6.07) is 6.44. The van der Waals surface area contributed by atoms with Crippen molar-refractivity contribution in [1.29, 1.82) is 0 Å². The van der Waals surface area contributed by atoms with Gasteiger partial charge in [0.05, 0.1) is 12.3 Å². The Balaban J connectivity index is 1.28. The van der Waals surface area contributed by atoms with Gasteiger partial charge in [0.15, 0.2) is 5.82 Å². The highest BCUT2D eigenvalue weighted by atomic mass is 19.1. The molecule has 1 aliphatic heterocycles. The van der Waals surface area contributed by atoms with Gasteiger partial charge >= 0.3 is 0 Å². The number of hydrogen-bond donors (Lipinski definition) is 2. The summed E-state index contributed by atoms with van der Waals surface area (Å²) >= 11 is 0. The van der Waals surface area contributed by atoms with E-state index < -0.39 is 0 Å². The zero-order valence-electron chi connectivity index (χ0n) is 16.9. The maximum atomic E-state index is 12.9. The lowest BCUT2D eigenvalue weighted by Crippen LogP contribution is -2.45. The Hall–Kier alpha value is -2.74. The van der Waals surface area contributed by atoms with E-state index in [2.05, 4.69) is 20.6 Å². The maximum absolute atomic E-state index is 12.9. The van der Waals surface area contributed by atoms with Crippen molar-refractivity contribution in [2.45, 2.75) is 45.4 Å². The molecule has 2 aliphatic rings. The molecule has 0 spiro atoms. The predicted octanol–water partition coefficient (Wildman–Crippen LogP) is 3.11. The van der Waals surface area contributed by atoms with Gasteiger partial charge in [0, 0.05) is 19.7 Å². The molecular formula is C21H26FN5O2. The molecule has 8 heteroatoms. The van der Waals surface area contributed by atoms with E-state index in [9.17, 15) is 9.18 Å². The van der Waals surface area contributed by atoms with E-state index in [1.807, 2.05) is 25.8 Å². The van der Waals surface area contributed by atoms with Crippen LogP contribution in [0.5, 0.6) is 0 Å². The van der Waals surface area contributed by atoms with Crippen LogP contribution in [0.1, 0.15) is 31.0 Å². The van der Waals surface area contributed by atoms with E-state index in [0.717, 1.165) is 29.9 Å². The van der Waals surface area contributed by atoms with Crippen LogP contribution in [0.25, 0.3) is 0 Å². The van der Waals surface area contributed by atoms with Gasteiger partial charge in [-0.1, -0.05) is 12.1 Å². The molecular weight excluding hydrogens is 373 g/mol. The van der Waals surface area contributed by atoms with E-state index >= 15 is 0 Å². The number of nitrogens with zero attached hydrogens (tertiary/aromatic N) is 3. The van der Waals surface area contributed by atoms with Crippen molar-refractivity contribution in [2.24, 2.45) is 5.92 Å². The number of halogens is 1. The molecule has 0 unspecified atom stereocenters. The van der Waals surface area contributed by atoms with Crippen LogP contribution in [0.4, 0.5) is 21.8 Å². The van der Waals surface area contributed by atoms with E-state index in [1.54, 1.807) is 12.1 Å². The molecule has 2 heterocycles. The molecule has 1 fully saturated rings. The number of fused-ring (bicyclic) bond motifs is 1. The smallest absolute Gasteiger partial charge is 0.246 e. The average molecular weight is 399 g/mol. The lowest BCUT2D eigenvalue weighted by molar-refractivity contribution is -0.117. The summed E-state index contributed by atoms with van der Waals surface area (Å²) < 4.78 is 18.7. The van der Waals surface area contributed by atoms with Crippen molar-refractivity contribution in [3.05, 3.63) is 41.3 Å². The van der Waals surface area contributed by atoms with Gasteiger partial charge in [-0.2, -0.15) is 4.98 Å². The molecule has 154 valence electrons. The molecule has 1 aromatic heterocycles. The quantitative estimate of drug-likeness (QED) is 0.777. The molecule has 2 N–H and O–H groups in total. The Morgan fingerprint density at radius 3 is 2.72 bits per heavy atom. The molecule has 0 radical (unpaired) electrons. The third kappa shape index (κ3) is 4.17. The number of carbonyl (C=O) groups is 1. The van der Waals surface area contributed by atoms with Gasteiger partial charge in [-0.3, -0.25) is 4.79 Å². The van der Waals surface area contributed by atoms with Gasteiger partial charge in [0.1, 0.15) is 17.5 Å². The molecule has 7 nitrogen and oxygen atoms in total. The van der Waals surface area contributed by atoms with Gasteiger partial charge in [-0.05, 0) is 50.3 Å². The van der Waals surface area contributed by atoms with E-state index in [4.69, 9.17) is 4.74 Å². The second-order valence-electron chi connectivity index (χ2n) is 7.93. The summed E-state index contributed by atoms with van der Waals surface area (Å²) in [5.41, 5.74) is 2.41. The fourth-order valence-corrected chi connectivity index (χ4v) is 3.71. The van der Waals surface area contributed by atoms with Gasteiger partial charge in [-0.15, -0.1) is 0 Å². The fraction of sp³-hybridized carbons (Fsp3) is 0.476. The number of amides is 1. The van der Waals surface area contributed by atoms with Crippen molar-refractivity contribution in [3.8, 4) is 0 Å². The number of anilines is 3. The third-order valence-corrected chi connectivity index (χ3v) is 5.72. The summed E-state index contributed by atoms with van der Waals surface area (Å²) in [5, 5.41) is 6.29. The Kier molecular flexibility index (Phi) is 5.36. The molecule has 0 bridgehead atoms. The van der Waals surface area contributed by atoms with Crippen LogP contribution in [0.2, 0.25) is 0 Å². The highest BCUT2D eigenvalue weighted by molar-refractivity contribution is 6.03. The zero-order valence-corrected chi connectivity index (χ0v) is 16.9. The molecule has 1 amide bonds. The minimum absolute atomic E-state index is 0.0464. The number of benzene rings is 1. The summed E-state index contributed by atoms with van der Waals surface area (Å²) in [6.07, 6.45) is 1.98. The Bertz CT molecular complexity index is 899. The Labute approximate surface area is 169 Å². The molecule has 4 rings (SSSR count). The molecule has 0 saturated heterocycles. The molecule has 1 atom stereocenters. The number of aromatic nitrogens is 2. The van der Waals surface area contributed by atoms with Crippen molar-refractivity contribution in [1.82, 2.24) is 9.97 Å². The van der Waals surface area contributed by atoms with E-state index in [-0.39, 0.29) is 17.8 Å². The first-order valence-corrected chi connectivity index (χ1v) is 9.91. The zero-order chi connectivity index (χ0) is 20.5. The Morgan fingerprint density at radius 1 is 1.28 bits per heavy atom. The second kappa shape index (κ2) is 7.94. The number of carbonyl (C=O) groups excluding carboxylic acids is 1. The summed E-state index contributed by atoms with van der Waals surface area (Å²) in [5.74, 6) is 1.55. The van der Waals surface area contributed by atoms with Crippen LogP contribution < -0.4 is 15.5 Å². The van der Waals surface area contributed by atoms with Crippen LogP contribution in [0.15, 0.2) is 24.3 Å². The van der Waals surface area contributed by atoms with E-state index in [1.165, 1.54) is 12.1 Å². The van der Waals surface area contributed by atoms with Crippen LogP contribution in [0, 0.1) is 18.7 Å². The summed E-state index contributed by atoms with van der Waals surface area (Å²) in [7, 11) is 1.87. The topological polar surface area (TPSA) is 79.4 Å². The van der Waals surface area contributed by atoms with Crippen LogP contribution >= 0.6 is 0 Å². The van der Waals surface area contributed by atoms with Crippen LogP contribution in [0.3, 0.4) is 0 Å². The number of rotatable bonds is 6. The molecule has 1 aromatic carbocycles. The number of likely N-dealkylation sites (N-methyl/N-ethyl adjacent to an activating group) is 1. The molecule has 29 heavy (non-hydrogen) atoms. The first-order valence-electron chi connectivity index (χ1n) is 9.91. The van der Waals surface area contributed by atoms with Crippen LogP contribution in [-0.4, -0.2) is 41.6 Å². The van der Waals surface area contributed by atoms with Crippen molar-refractivity contribution in [2.75, 3.05) is 29.2 Å². The highest BCUT2D eigenvalue weighted by Crippen LogP contribution is 2.34. The Morgan fingerprint density at radius 2 is 2.00 bits per heavy atom. The van der Waals surface area contributed by atoms with Crippen molar-refractivity contribution >= 4 is 23.4 Å². The third-order valence-electron chi connectivity index (χ3n) is 5.72. The highest BCUT2D eigenvalue weighted by Gasteiger charge is 2.32. The normalized spacial score (nSPS) is 23.2. The largest absolute Gasteiger partial charge is 0.376 e. The maximum Gasteiger partial charge on any atom is 0.246 e. The summed E-state index contributed by atoms with van der Waals surface area (Å²) in [6.45, 7) is 4.91. The standard InChI is InChI=1S/C21H26FN5O2/c1-12-18-19(27(3)13(2)20(28)25-18)26-21(23-12)24-17-8-15(9-17)11-29-10-14-4-6-16(22)7-5-14/h4-7,13,15,17H,8-11H2,1-3H3,(H,25,28)(H,23,24,26)/t13-,15-,17+/m0/s1. The van der Waals surface area contributed by atoms with Gasteiger partial charge in [-0.25, -0.2) is 9.37 Å². The lowest BCUT2D eigenvalue weighted by Gasteiger charge is -2.36. The number of aryl methyl sites for hydroxylation is 1. The number of nitrogens with one attached hydrogen (secondary N) is 2. The average Bonchev–Trinajstić information content (AvgIpc) is 2.66. The van der Waals surface area contributed by atoms with Crippen LogP contribution in [-0.2, 0) is 16.1 Å². The van der Waals surface area contributed by atoms with Gasteiger partial charge < -0.3 is 20.3 Å². The lowest BCUT2D eigenvalue weighted by atomic mass is 9.81. The van der Waals surface area contributed by atoms with Gasteiger partial charge in [0.2, 0.25) is 11.9 Å². The minimum Gasteiger partial charge on any atom is -0.376 e. The molecule has 2 aromatic rings.